The van der Waals surface area contributed by atoms with Crippen molar-refractivity contribution in [1.82, 2.24) is 10.2 Å². The molecule has 1 aliphatic rings. The molecule has 5 heteroatoms. The Morgan fingerprint density at radius 1 is 1.29 bits per heavy atom. The molecule has 0 spiro atoms. The summed E-state index contributed by atoms with van der Waals surface area (Å²) in [6, 6.07) is 6.36. The second-order valence-corrected chi connectivity index (χ2v) is 6.05. The van der Waals surface area contributed by atoms with Crippen LogP contribution in [0.25, 0.3) is 0 Å². The van der Waals surface area contributed by atoms with E-state index in [9.17, 15) is 9.90 Å². The molecule has 0 bridgehead atoms. The summed E-state index contributed by atoms with van der Waals surface area (Å²) >= 11 is 0. The number of hydrogen-bond acceptors (Lipinski definition) is 3. The van der Waals surface area contributed by atoms with Gasteiger partial charge < -0.3 is 20.1 Å². The number of ether oxygens (including phenoxy) is 1. The van der Waals surface area contributed by atoms with Crippen LogP contribution in [0.15, 0.2) is 24.3 Å². The van der Waals surface area contributed by atoms with E-state index in [0.717, 1.165) is 13.1 Å². The zero-order chi connectivity index (χ0) is 15.4. The number of nitrogens with one attached hydrogen (secondary N) is 1. The Bertz CT molecular complexity index is 465. The molecule has 1 aliphatic heterocycles. The predicted octanol–water partition coefficient (Wildman–Crippen LogP) is 2.80. The summed E-state index contributed by atoms with van der Waals surface area (Å²) in [4.78, 5) is 14.1. The lowest BCUT2D eigenvalue weighted by Gasteiger charge is -2.35. The first-order chi connectivity index (χ1) is 9.94. The zero-order valence-corrected chi connectivity index (χ0v) is 12.9. The molecule has 2 N–H and O–H groups in total. The Labute approximate surface area is 125 Å². The molecule has 2 amide bonds. The van der Waals surface area contributed by atoms with Gasteiger partial charge in [-0.05, 0) is 49.4 Å². The van der Waals surface area contributed by atoms with Crippen LogP contribution < -0.4 is 10.1 Å². The van der Waals surface area contributed by atoms with E-state index >= 15 is 0 Å². The molecule has 3 unspecified atom stereocenters. The number of nitrogens with zero attached hydrogens (tertiary/aromatic N) is 1. The standard InChI is InChI=1S/C16H24N2O3/c1-11-8-12(2)10-18(9-11)16(20)17-13(3)21-15-6-4-14(19)5-7-15/h4-7,11-13,19H,8-10H2,1-3H3,(H,17,20). The van der Waals surface area contributed by atoms with Gasteiger partial charge in [-0.2, -0.15) is 0 Å². The predicted molar refractivity (Wildman–Crippen MR) is 81.2 cm³/mol. The van der Waals surface area contributed by atoms with Gasteiger partial charge in [-0.3, -0.25) is 0 Å². The average Bonchev–Trinajstić information content (AvgIpc) is 2.40. The number of urea groups is 1. The maximum Gasteiger partial charge on any atom is 0.320 e. The van der Waals surface area contributed by atoms with Gasteiger partial charge in [-0.15, -0.1) is 0 Å². The summed E-state index contributed by atoms with van der Waals surface area (Å²) in [6.07, 6.45) is 0.748. The molecule has 0 saturated carbocycles. The number of aromatic hydroxyl groups is 1. The molecule has 116 valence electrons. The third-order valence-electron chi connectivity index (χ3n) is 3.63. The van der Waals surface area contributed by atoms with Crippen molar-refractivity contribution < 1.29 is 14.6 Å². The molecule has 5 nitrogen and oxygen atoms in total. The molecule has 2 rings (SSSR count). The highest BCUT2D eigenvalue weighted by Gasteiger charge is 2.26. The highest BCUT2D eigenvalue weighted by atomic mass is 16.5. The lowest BCUT2D eigenvalue weighted by molar-refractivity contribution is 0.123. The largest absolute Gasteiger partial charge is 0.508 e. The molecule has 1 aromatic rings. The van der Waals surface area contributed by atoms with Crippen molar-refractivity contribution in [2.24, 2.45) is 11.8 Å². The summed E-state index contributed by atoms with van der Waals surface area (Å²) in [5.41, 5.74) is 0. The Morgan fingerprint density at radius 2 is 1.86 bits per heavy atom. The fraction of sp³-hybridized carbons (Fsp3) is 0.562. The molecule has 1 fully saturated rings. The molecular weight excluding hydrogens is 268 g/mol. The van der Waals surface area contributed by atoms with Crippen LogP contribution in [-0.4, -0.2) is 35.4 Å². The van der Waals surface area contributed by atoms with E-state index in [1.54, 1.807) is 31.2 Å². The summed E-state index contributed by atoms with van der Waals surface area (Å²) in [6.45, 7) is 7.73. The lowest BCUT2D eigenvalue weighted by atomic mass is 9.92. The zero-order valence-electron chi connectivity index (χ0n) is 12.9. The number of piperidine rings is 1. The van der Waals surface area contributed by atoms with Gasteiger partial charge in [0.15, 0.2) is 6.23 Å². The Balaban J connectivity index is 1.85. The van der Waals surface area contributed by atoms with Crippen LogP contribution in [-0.2, 0) is 0 Å². The van der Waals surface area contributed by atoms with Crippen molar-refractivity contribution >= 4 is 6.03 Å². The van der Waals surface area contributed by atoms with Crippen molar-refractivity contribution in [2.75, 3.05) is 13.1 Å². The first-order valence-electron chi connectivity index (χ1n) is 7.45. The number of carbonyl (C=O) groups is 1. The van der Waals surface area contributed by atoms with Gasteiger partial charge in [-0.1, -0.05) is 13.8 Å². The number of phenols is 1. The maximum atomic E-state index is 12.2. The number of hydrogen-bond donors (Lipinski definition) is 2. The monoisotopic (exact) mass is 292 g/mol. The number of likely N-dealkylation sites (tertiary alicyclic amines) is 1. The Morgan fingerprint density at radius 3 is 2.43 bits per heavy atom. The number of phenolic OH excluding ortho intramolecular Hbond substituents is 1. The van der Waals surface area contributed by atoms with Crippen LogP contribution in [0.3, 0.4) is 0 Å². The van der Waals surface area contributed by atoms with Crippen LogP contribution in [0.1, 0.15) is 27.2 Å². The third-order valence-corrected chi connectivity index (χ3v) is 3.63. The van der Waals surface area contributed by atoms with Crippen LogP contribution in [0.4, 0.5) is 4.79 Å². The van der Waals surface area contributed by atoms with Crippen molar-refractivity contribution in [3.05, 3.63) is 24.3 Å². The van der Waals surface area contributed by atoms with Crippen molar-refractivity contribution in [3.63, 3.8) is 0 Å². The Hall–Kier alpha value is -1.91. The maximum absolute atomic E-state index is 12.2. The van der Waals surface area contributed by atoms with Gasteiger partial charge in [0, 0.05) is 13.1 Å². The summed E-state index contributed by atoms with van der Waals surface area (Å²) in [7, 11) is 0. The summed E-state index contributed by atoms with van der Waals surface area (Å²) in [5, 5.41) is 12.1. The fourth-order valence-corrected chi connectivity index (χ4v) is 2.85. The molecule has 0 aliphatic carbocycles. The quantitative estimate of drug-likeness (QED) is 0.842. The van der Waals surface area contributed by atoms with E-state index in [1.165, 1.54) is 6.42 Å². The average molecular weight is 292 g/mol. The molecule has 0 aromatic heterocycles. The normalized spacial score (nSPS) is 23.5. The van der Waals surface area contributed by atoms with E-state index in [4.69, 9.17) is 4.74 Å². The van der Waals surface area contributed by atoms with Gasteiger partial charge in [0.2, 0.25) is 0 Å². The molecule has 21 heavy (non-hydrogen) atoms. The molecule has 0 radical (unpaired) electrons. The second-order valence-electron chi connectivity index (χ2n) is 6.05. The number of benzene rings is 1. The molecule has 3 atom stereocenters. The van der Waals surface area contributed by atoms with Gasteiger partial charge in [0.1, 0.15) is 11.5 Å². The van der Waals surface area contributed by atoms with Crippen LogP contribution in [0, 0.1) is 11.8 Å². The highest BCUT2D eigenvalue weighted by molar-refractivity contribution is 5.74. The fourth-order valence-electron chi connectivity index (χ4n) is 2.85. The summed E-state index contributed by atoms with van der Waals surface area (Å²) < 4.78 is 5.61. The molecule has 1 aromatic carbocycles. The smallest absolute Gasteiger partial charge is 0.320 e. The second kappa shape index (κ2) is 6.70. The van der Waals surface area contributed by atoms with E-state index in [0.29, 0.717) is 17.6 Å². The van der Waals surface area contributed by atoms with Crippen LogP contribution in [0.2, 0.25) is 0 Å². The minimum atomic E-state index is -0.422. The van der Waals surface area contributed by atoms with E-state index in [1.807, 2.05) is 4.90 Å². The SMILES string of the molecule is CC1CC(C)CN(C(=O)NC(C)Oc2ccc(O)cc2)C1. The van der Waals surface area contributed by atoms with Crippen LogP contribution in [0.5, 0.6) is 11.5 Å². The first-order valence-corrected chi connectivity index (χ1v) is 7.45. The number of amides is 2. The van der Waals surface area contributed by atoms with Crippen molar-refractivity contribution in [3.8, 4) is 11.5 Å². The number of rotatable bonds is 3. The van der Waals surface area contributed by atoms with Crippen molar-refractivity contribution in [1.29, 1.82) is 0 Å². The molecule has 1 saturated heterocycles. The minimum Gasteiger partial charge on any atom is -0.508 e. The van der Waals surface area contributed by atoms with Gasteiger partial charge in [-0.25, -0.2) is 4.79 Å². The highest BCUT2D eigenvalue weighted by Crippen LogP contribution is 2.21. The molecule has 1 heterocycles. The molecular formula is C16H24N2O3. The topological polar surface area (TPSA) is 61.8 Å². The van der Waals surface area contributed by atoms with Gasteiger partial charge in [0.05, 0.1) is 0 Å². The van der Waals surface area contributed by atoms with E-state index in [-0.39, 0.29) is 11.8 Å². The Kier molecular flexibility index (Phi) is 4.94. The van der Waals surface area contributed by atoms with Crippen molar-refractivity contribution in [2.45, 2.75) is 33.4 Å². The van der Waals surface area contributed by atoms with E-state index in [2.05, 4.69) is 19.2 Å². The van der Waals surface area contributed by atoms with Gasteiger partial charge >= 0.3 is 6.03 Å². The number of carbonyl (C=O) groups excluding carboxylic acids is 1. The first kappa shape index (κ1) is 15.5. The summed E-state index contributed by atoms with van der Waals surface area (Å²) in [5.74, 6) is 1.87. The van der Waals surface area contributed by atoms with Crippen LogP contribution >= 0.6 is 0 Å². The van der Waals surface area contributed by atoms with Gasteiger partial charge in [0.25, 0.3) is 0 Å². The van der Waals surface area contributed by atoms with E-state index < -0.39 is 6.23 Å². The minimum absolute atomic E-state index is 0.0836. The third kappa shape index (κ3) is 4.55. The lowest BCUT2D eigenvalue weighted by Crippen LogP contribution is -2.50.